The Labute approximate surface area is 186 Å². The van der Waals surface area contributed by atoms with Crippen LogP contribution in [0.15, 0.2) is 40.7 Å². The highest BCUT2D eigenvalue weighted by Gasteiger charge is 2.22. The van der Waals surface area contributed by atoms with Gasteiger partial charge in [-0.1, -0.05) is 0 Å². The zero-order valence-electron chi connectivity index (χ0n) is 16.8. The Kier molecular flexibility index (Phi) is 7.07. The predicted molar refractivity (Wildman–Crippen MR) is 122 cm³/mol. The summed E-state index contributed by atoms with van der Waals surface area (Å²) in [5.74, 6) is 1.86. The third-order valence-electron chi connectivity index (χ3n) is 4.89. The van der Waals surface area contributed by atoms with Crippen LogP contribution in [-0.4, -0.2) is 53.8 Å². The number of nitrogens with zero attached hydrogens (tertiary/aromatic N) is 2. The Balaban J connectivity index is 0.00000256. The van der Waals surface area contributed by atoms with E-state index in [9.17, 15) is 8.42 Å². The van der Waals surface area contributed by atoms with E-state index >= 15 is 0 Å². The fourth-order valence-electron chi connectivity index (χ4n) is 3.45. The summed E-state index contributed by atoms with van der Waals surface area (Å²) in [6.45, 7) is 3.50. The van der Waals surface area contributed by atoms with Crippen LogP contribution in [-0.2, 0) is 15.6 Å². The zero-order chi connectivity index (χ0) is 20.4. The molecule has 0 radical (unpaired) electrons. The molecule has 162 valence electrons. The second-order valence-electron chi connectivity index (χ2n) is 6.83. The van der Waals surface area contributed by atoms with Crippen molar-refractivity contribution in [3.05, 3.63) is 42.1 Å². The molecule has 4 rings (SSSR count). The highest BCUT2D eigenvalue weighted by Crippen LogP contribution is 2.36. The van der Waals surface area contributed by atoms with Gasteiger partial charge in [0.1, 0.15) is 21.5 Å². The number of nitrogens with one attached hydrogen (secondary N) is 1. The lowest BCUT2D eigenvalue weighted by atomic mass is 10.2. The number of ether oxygens (including phenoxy) is 2. The second-order valence-corrected chi connectivity index (χ2v) is 10.1. The summed E-state index contributed by atoms with van der Waals surface area (Å²) in [6.07, 6.45) is 1.75. The molecule has 0 atom stereocenters. The average molecular weight is 470 g/mol. The molecule has 3 aromatic rings. The summed E-state index contributed by atoms with van der Waals surface area (Å²) in [5.41, 5.74) is 0.624. The SMILES string of the molecule is COc1cc(CS(=O)(=O)c2cc3c(N4CCNCC4)nccc3s2)cc(OC)c1.Cl. The van der Waals surface area contributed by atoms with Gasteiger partial charge in [0.15, 0.2) is 9.84 Å². The van der Waals surface area contributed by atoms with E-state index in [1.807, 2.05) is 6.07 Å². The number of fused-ring (bicyclic) bond motifs is 1. The van der Waals surface area contributed by atoms with Crippen LogP contribution >= 0.6 is 23.7 Å². The smallest absolute Gasteiger partial charge is 0.191 e. The molecular formula is C20H24ClN3O4S2. The molecule has 1 aliphatic rings. The molecule has 7 nitrogen and oxygen atoms in total. The Hall–Kier alpha value is -2.07. The molecule has 30 heavy (non-hydrogen) atoms. The summed E-state index contributed by atoms with van der Waals surface area (Å²) >= 11 is 1.29. The van der Waals surface area contributed by atoms with Crippen LogP contribution in [0, 0.1) is 0 Å². The number of hydrogen-bond donors (Lipinski definition) is 1. The van der Waals surface area contributed by atoms with Crippen molar-refractivity contribution < 1.29 is 17.9 Å². The number of piperazine rings is 1. The lowest BCUT2D eigenvalue weighted by Gasteiger charge is -2.28. The van der Waals surface area contributed by atoms with Gasteiger partial charge in [-0.15, -0.1) is 23.7 Å². The highest BCUT2D eigenvalue weighted by molar-refractivity contribution is 7.92. The van der Waals surface area contributed by atoms with Crippen LogP contribution in [0.25, 0.3) is 10.1 Å². The molecule has 1 fully saturated rings. The van der Waals surface area contributed by atoms with E-state index in [2.05, 4.69) is 15.2 Å². The van der Waals surface area contributed by atoms with Crippen LogP contribution in [0.2, 0.25) is 0 Å². The quantitative estimate of drug-likeness (QED) is 0.594. The van der Waals surface area contributed by atoms with Crippen LogP contribution in [0.4, 0.5) is 5.82 Å². The molecule has 1 N–H and O–H groups in total. The Morgan fingerprint density at radius 1 is 1.10 bits per heavy atom. The maximum Gasteiger partial charge on any atom is 0.191 e. The second kappa shape index (κ2) is 9.38. The summed E-state index contributed by atoms with van der Waals surface area (Å²) in [4.78, 5) is 6.74. The van der Waals surface area contributed by atoms with Crippen LogP contribution in [0.1, 0.15) is 5.56 Å². The molecule has 10 heteroatoms. The van der Waals surface area contributed by atoms with Crippen LogP contribution in [0.3, 0.4) is 0 Å². The average Bonchev–Trinajstić information content (AvgIpc) is 3.19. The zero-order valence-corrected chi connectivity index (χ0v) is 19.2. The highest BCUT2D eigenvalue weighted by atomic mass is 35.5. The summed E-state index contributed by atoms with van der Waals surface area (Å²) in [7, 11) is -0.433. The monoisotopic (exact) mass is 469 g/mol. The number of aromatic nitrogens is 1. The van der Waals surface area contributed by atoms with Gasteiger partial charge in [0.25, 0.3) is 0 Å². The number of thiophene rings is 1. The van der Waals surface area contributed by atoms with Gasteiger partial charge in [0.2, 0.25) is 0 Å². The van der Waals surface area contributed by atoms with Crippen molar-refractivity contribution in [1.29, 1.82) is 0 Å². The van der Waals surface area contributed by atoms with Gasteiger partial charge >= 0.3 is 0 Å². The van der Waals surface area contributed by atoms with Crippen molar-refractivity contribution >= 4 is 49.5 Å². The van der Waals surface area contributed by atoms with Gasteiger partial charge in [0, 0.05) is 48.5 Å². The minimum atomic E-state index is -3.52. The number of pyridine rings is 1. The first kappa shape index (κ1) is 22.6. The topological polar surface area (TPSA) is 80.8 Å². The maximum absolute atomic E-state index is 13.1. The Bertz CT molecular complexity index is 1110. The van der Waals surface area contributed by atoms with Gasteiger partial charge in [0.05, 0.1) is 20.0 Å². The molecule has 0 bridgehead atoms. The molecule has 2 aromatic heterocycles. The third kappa shape index (κ3) is 4.64. The molecule has 1 saturated heterocycles. The minimum Gasteiger partial charge on any atom is -0.497 e. The molecule has 3 heterocycles. The number of sulfone groups is 1. The van der Waals surface area contributed by atoms with E-state index in [0.29, 0.717) is 21.3 Å². The van der Waals surface area contributed by atoms with Crippen molar-refractivity contribution in [2.24, 2.45) is 0 Å². The molecule has 0 unspecified atom stereocenters. The van der Waals surface area contributed by atoms with Crippen molar-refractivity contribution in [1.82, 2.24) is 10.3 Å². The normalized spacial score (nSPS) is 14.4. The fourth-order valence-corrected chi connectivity index (χ4v) is 6.23. The van der Waals surface area contributed by atoms with E-state index < -0.39 is 9.84 Å². The van der Waals surface area contributed by atoms with Gasteiger partial charge in [-0.25, -0.2) is 13.4 Å². The molecular weight excluding hydrogens is 446 g/mol. The molecule has 0 amide bonds. The minimum absolute atomic E-state index is 0. The Morgan fingerprint density at radius 3 is 2.40 bits per heavy atom. The fraction of sp³-hybridized carbons (Fsp3) is 0.350. The van der Waals surface area contributed by atoms with Crippen LogP contribution in [0.5, 0.6) is 11.5 Å². The van der Waals surface area contributed by atoms with E-state index in [4.69, 9.17) is 9.47 Å². The largest absolute Gasteiger partial charge is 0.497 e. The first-order valence-corrected chi connectivity index (χ1v) is 11.8. The third-order valence-corrected chi connectivity index (χ3v) is 8.24. The summed E-state index contributed by atoms with van der Waals surface area (Å²) < 4.78 is 38.1. The van der Waals surface area contributed by atoms with Crippen molar-refractivity contribution in [2.45, 2.75) is 9.96 Å². The first-order valence-electron chi connectivity index (χ1n) is 9.29. The summed E-state index contributed by atoms with van der Waals surface area (Å²) in [6, 6.07) is 8.81. The molecule has 0 aliphatic carbocycles. The number of hydrogen-bond acceptors (Lipinski definition) is 8. The van der Waals surface area contributed by atoms with Crippen molar-refractivity contribution in [2.75, 3.05) is 45.3 Å². The standard InChI is InChI=1S/C20H23N3O4S2.ClH/c1-26-15-9-14(10-16(11-15)27-2)13-29(24,25)19-12-17-18(28-19)3-4-22-20(17)23-7-5-21-6-8-23;/h3-4,9-12,21H,5-8,13H2,1-2H3;1H. The molecule has 0 saturated carbocycles. The Morgan fingerprint density at radius 2 is 1.77 bits per heavy atom. The number of methoxy groups -OCH3 is 2. The lowest BCUT2D eigenvalue weighted by Crippen LogP contribution is -2.43. The number of halogens is 1. The molecule has 1 aliphatic heterocycles. The van der Waals surface area contributed by atoms with Crippen LogP contribution < -0.4 is 19.7 Å². The maximum atomic E-state index is 13.1. The van der Waals surface area contributed by atoms with Gasteiger partial charge < -0.3 is 19.7 Å². The summed E-state index contributed by atoms with van der Waals surface area (Å²) in [5, 5.41) is 4.21. The van der Waals surface area contributed by atoms with E-state index in [1.165, 1.54) is 11.3 Å². The number of anilines is 1. The van der Waals surface area contributed by atoms with Crippen molar-refractivity contribution in [3.8, 4) is 11.5 Å². The first-order chi connectivity index (χ1) is 14.0. The van der Waals surface area contributed by atoms with E-state index in [1.54, 1.807) is 44.7 Å². The van der Waals surface area contributed by atoms with Crippen molar-refractivity contribution in [3.63, 3.8) is 0 Å². The number of rotatable bonds is 6. The molecule has 1 aromatic carbocycles. The lowest BCUT2D eigenvalue weighted by molar-refractivity contribution is 0.393. The van der Waals surface area contributed by atoms with E-state index in [0.717, 1.165) is 42.1 Å². The molecule has 0 spiro atoms. The van der Waals surface area contributed by atoms with Gasteiger partial charge in [-0.05, 0) is 29.8 Å². The van der Waals surface area contributed by atoms with E-state index in [-0.39, 0.29) is 18.2 Å². The van der Waals surface area contributed by atoms with Gasteiger partial charge in [-0.3, -0.25) is 0 Å². The van der Waals surface area contributed by atoms with Gasteiger partial charge in [-0.2, -0.15) is 0 Å². The predicted octanol–water partition coefficient (Wildman–Crippen LogP) is 3.12. The number of benzene rings is 1.